The molecule has 2 amide bonds. The first-order valence-corrected chi connectivity index (χ1v) is 7.77. The summed E-state index contributed by atoms with van der Waals surface area (Å²) >= 11 is 0. The van der Waals surface area contributed by atoms with Crippen LogP contribution in [0.4, 0.5) is 4.79 Å². The van der Waals surface area contributed by atoms with Gasteiger partial charge in [0.05, 0.1) is 13.5 Å². The lowest BCUT2D eigenvalue weighted by Crippen LogP contribution is -2.50. The average molecular weight is 315 g/mol. The first-order valence-electron chi connectivity index (χ1n) is 7.77. The molecule has 122 valence electrons. The van der Waals surface area contributed by atoms with Crippen LogP contribution in [0.2, 0.25) is 0 Å². The molecule has 0 unspecified atom stereocenters. The highest BCUT2D eigenvalue weighted by Gasteiger charge is 2.25. The molecule has 0 radical (unpaired) electrons. The molecule has 2 aromatic rings. The third-order valence-corrected chi connectivity index (χ3v) is 4.42. The molecule has 3 rings (SSSR count). The van der Waals surface area contributed by atoms with Crippen LogP contribution < -0.4 is 0 Å². The molecule has 1 saturated heterocycles. The van der Waals surface area contributed by atoms with Gasteiger partial charge in [-0.15, -0.1) is 0 Å². The van der Waals surface area contributed by atoms with E-state index in [-0.39, 0.29) is 12.0 Å². The number of fused-ring (bicyclic) bond motifs is 1. The maximum absolute atomic E-state index is 12.6. The summed E-state index contributed by atoms with van der Waals surface area (Å²) in [6.45, 7) is 4.14. The summed E-state index contributed by atoms with van der Waals surface area (Å²) < 4.78 is 4.71. The lowest BCUT2D eigenvalue weighted by atomic mass is 10.1. The van der Waals surface area contributed by atoms with Crippen molar-refractivity contribution in [2.75, 3.05) is 33.3 Å². The van der Waals surface area contributed by atoms with Gasteiger partial charge in [-0.1, -0.05) is 18.2 Å². The standard InChI is InChI=1S/C17H21N3O3/c1-12-14(13-5-3-4-6-15(13)18-12)11-16(21)19-7-9-20(10-8-19)17(22)23-2/h3-6,18H,7-11H2,1-2H3. The Morgan fingerprint density at radius 3 is 2.48 bits per heavy atom. The number of ether oxygens (including phenoxy) is 1. The molecule has 2 heterocycles. The number of nitrogens with zero attached hydrogens (tertiary/aromatic N) is 2. The van der Waals surface area contributed by atoms with Crippen LogP contribution in [0.15, 0.2) is 24.3 Å². The zero-order chi connectivity index (χ0) is 16.4. The number of hydrogen-bond donors (Lipinski definition) is 1. The van der Waals surface area contributed by atoms with Crippen LogP contribution in [0.25, 0.3) is 10.9 Å². The lowest BCUT2D eigenvalue weighted by Gasteiger charge is -2.33. The van der Waals surface area contributed by atoms with Crippen molar-refractivity contribution in [3.8, 4) is 0 Å². The van der Waals surface area contributed by atoms with Crippen molar-refractivity contribution in [1.82, 2.24) is 14.8 Å². The minimum absolute atomic E-state index is 0.0994. The van der Waals surface area contributed by atoms with E-state index in [2.05, 4.69) is 4.98 Å². The minimum atomic E-state index is -0.329. The number of benzene rings is 1. The molecule has 0 bridgehead atoms. The van der Waals surface area contributed by atoms with E-state index in [4.69, 9.17) is 4.74 Å². The van der Waals surface area contributed by atoms with Gasteiger partial charge in [-0.25, -0.2) is 4.79 Å². The van der Waals surface area contributed by atoms with Gasteiger partial charge in [0.1, 0.15) is 0 Å². The summed E-state index contributed by atoms with van der Waals surface area (Å²) in [5.74, 6) is 0.0994. The Morgan fingerprint density at radius 2 is 1.78 bits per heavy atom. The Balaban J connectivity index is 1.68. The molecule has 0 atom stereocenters. The van der Waals surface area contributed by atoms with Gasteiger partial charge in [-0.3, -0.25) is 4.79 Å². The summed E-state index contributed by atoms with van der Waals surface area (Å²) in [6.07, 6.45) is 0.0539. The number of hydrogen-bond acceptors (Lipinski definition) is 3. The highest BCUT2D eigenvalue weighted by atomic mass is 16.5. The molecule has 1 aliphatic heterocycles. The number of aromatic amines is 1. The van der Waals surface area contributed by atoms with Crippen LogP contribution in [-0.2, 0) is 16.0 Å². The molecular formula is C17H21N3O3. The van der Waals surface area contributed by atoms with Crippen LogP contribution in [-0.4, -0.2) is 60.1 Å². The Morgan fingerprint density at radius 1 is 1.13 bits per heavy atom. The van der Waals surface area contributed by atoms with E-state index in [1.807, 2.05) is 36.1 Å². The number of para-hydroxylation sites is 1. The third-order valence-electron chi connectivity index (χ3n) is 4.42. The van der Waals surface area contributed by atoms with Crippen molar-refractivity contribution in [2.45, 2.75) is 13.3 Å². The van der Waals surface area contributed by atoms with Crippen LogP contribution >= 0.6 is 0 Å². The number of amides is 2. The zero-order valence-electron chi connectivity index (χ0n) is 13.5. The smallest absolute Gasteiger partial charge is 0.409 e. The number of rotatable bonds is 2. The summed E-state index contributed by atoms with van der Waals surface area (Å²) in [7, 11) is 1.37. The minimum Gasteiger partial charge on any atom is -0.453 e. The van der Waals surface area contributed by atoms with E-state index in [0.29, 0.717) is 32.6 Å². The highest BCUT2D eigenvalue weighted by Crippen LogP contribution is 2.23. The summed E-state index contributed by atoms with van der Waals surface area (Å²) in [4.78, 5) is 30.8. The molecule has 1 aromatic heterocycles. The number of aryl methyl sites for hydroxylation is 1. The summed E-state index contributed by atoms with van der Waals surface area (Å²) in [6, 6.07) is 8.02. The van der Waals surface area contributed by atoms with Crippen molar-refractivity contribution in [3.05, 3.63) is 35.5 Å². The zero-order valence-corrected chi connectivity index (χ0v) is 13.5. The maximum atomic E-state index is 12.6. The molecule has 0 saturated carbocycles. The molecule has 6 heteroatoms. The van der Waals surface area contributed by atoms with E-state index in [0.717, 1.165) is 22.2 Å². The van der Waals surface area contributed by atoms with E-state index >= 15 is 0 Å². The molecule has 0 aliphatic carbocycles. The Bertz CT molecular complexity index is 730. The van der Waals surface area contributed by atoms with Crippen molar-refractivity contribution in [3.63, 3.8) is 0 Å². The predicted octanol–water partition coefficient (Wildman–Crippen LogP) is 1.93. The van der Waals surface area contributed by atoms with E-state index in [1.165, 1.54) is 7.11 Å². The summed E-state index contributed by atoms with van der Waals surface area (Å²) in [5, 5.41) is 1.10. The topological polar surface area (TPSA) is 65.6 Å². The Labute approximate surface area is 135 Å². The largest absolute Gasteiger partial charge is 0.453 e. The highest BCUT2D eigenvalue weighted by molar-refractivity contribution is 5.90. The molecular weight excluding hydrogens is 294 g/mol. The first-order chi connectivity index (χ1) is 11.1. The SMILES string of the molecule is COC(=O)N1CCN(C(=O)Cc2c(C)[nH]c3ccccc23)CC1. The van der Waals surface area contributed by atoms with Gasteiger partial charge in [0.25, 0.3) is 0 Å². The van der Waals surface area contributed by atoms with Gasteiger partial charge >= 0.3 is 6.09 Å². The number of carbonyl (C=O) groups excluding carboxylic acids is 2. The van der Waals surface area contributed by atoms with Gasteiger partial charge in [0.2, 0.25) is 5.91 Å². The van der Waals surface area contributed by atoms with E-state index in [1.54, 1.807) is 4.90 Å². The van der Waals surface area contributed by atoms with E-state index in [9.17, 15) is 9.59 Å². The van der Waals surface area contributed by atoms with E-state index < -0.39 is 0 Å². The first kappa shape index (κ1) is 15.4. The number of aromatic nitrogens is 1. The number of carbonyl (C=O) groups is 2. The number of nitrogens with one attached hydrogen (secondary N) is 1. The van der Waals surface area contributed by atoms with Gasteiger partial charge in [-0.2, -0.15) is 0 Å². The molecule has 1 aromatic carbocycles. The lowest BCUT2D eigenvalue weighted by molar-refractivity contribution is -0.132. The molecule has 6 nitrogen and oxygen atoms in total. The summed E-state index contributed by atoms with van der Waals surface area (Å²) in [5.41, 5.74) is 3.15. The Kier molecular flexibility index (Phi) is 4.23. The van der Waals surface area contributed by atoms with Gasteiger partial charge < -0.3 is 19.5 Å². The fourth-order valence-corrected chi connectivity index (χ4v) is 3.09. The second-order valence-electron chi connectivity index (χ2n) is 5.79. The fourth-order valence-electron chi connectivity index (χ4n) is 3.09. The number of H-pyrrole nitrogens is 1. The van der Waals surface area contributed by atoms with Crippen molar-refractivity contribution < 1.29 is 14.3 Å². The van der Waals surface area contributed by atoms with Crippen molar-refractivity contribution in [1.29, 1.82) is 0 Å². The van der Waals surface area contributed by atoms with Gasteiger partial charge in [-0.05, 0) is 18.6 Å². The third kappa shape index (κ3) is 3.02. The van der Waals surface area contributed by atoms with Crippen molar-refractivity contribution in [2.24, 2.45) is 0 Å². The number of methoxy groups -OCH3 is 1. The second kappa shape index (κ2) is 6.32. The number of piperazine rings is 1. The normalized spacial score (nSPS) is 15.0. The Hall–Kier alpha value is -2.50. The van der Waals surface area contributed by atoms with Crippen LogP contribution in [0.1, 0.15) is 11.3 Å². The molecule has 23 heavy (non-hydrogen) atoms. The average Bonchev–Trinajstić information content (AvgIpc) is 2.90. The molecule has 1 fully saturated rings. The monoisotopic (exact) mass is 315 g/mol. The maximum Gasteiger partial charge on any atom is 0.409 e. The molecule has 1 aliphatic rings. The van der Waals surface area contributed by atoms with Gasteiger partial charge in [0.15, 0.2) is 0 Å². The quantitative estimate of drug-likeness (QED) is 0.921. The predicted molar refractivity (Wildman–Crippen MR) is 87.3 cm³/mol. The van der Waals surface area contributed by atoms with Crippen LogP contribution in [0.5, 0.6) is 0 Å². The second-order valence-corrected chi connectivity index (χ2v) is 5.79. The van der Waals surface area contributed by atoms with Gasteiger partial charge in [0, 0.05) is 42.8 Å². The molecule has 0 spiro atoms. The van der Waals surface area contributed by atoms with Crippen LogP contribution in [0.3, 0.4) is 0 Å². The molecule has 1 N–H and O–H groups in total. The fraction of sp³-hybridized carbons (Fsp3) is 0.412. The van der Waals surface area contributed by atoms with Crippen molar-refractivity contribution >= 4 is 22.9 Å². The van der Waals surface area contributed by atoms with Crippen LogP contribution in [0, 0.1) is 6.92 Å².